The van der Waals surface area contributed by atoms with Gasteiger partial charge in [-0.3, -0.25) is 9.69 Å². The molecule has 1 aromatic rings. The Labute approximate surface area is 171 Å². The molecule has 168 valence electrons. The summed E-state index contributed by atoms with van der Waals surface area (Å²) in [5.41, 5.74) is 0.976. The molecule has 11 heteroatoms. The second-order valence-corrected chi connectivity index (χ2v) is 7.95. The normalized spacial score (nSPS) is 26.8. The van der Waals surface area contributed by atoms with Crippen molar-refractivity contribution in [1.29, 1.82) is 0 Å². The van der Waals surface area contributed by atoms with Crippen LogP contribution in [0.25, 0.3) is 0 Å². The molecule has 0 bridgehead atoms. The molecule has 0 saturated carbocycles. The van der Waals surface area contributed by atoms with E-state index < -0.39 is 12.1 Å². The van der Waals surface area contributed by atoms with Crippen molar-refractivity contribution >= 4 is 11.9 Å². The highest BCUT2D eigenvalue weighted by Crippen LogP contribution is 2.34. The maximum atomic E-state index is 12.5. The molecule has 1 N–H and O–H groups in total. The molecular weight excluding hydrogens is 407 g/mol. The predicted octanol–water partition coefficient (Wildman–Crippen LogP) is 2.22. The van der Waals surface area contributed by atoms with Crippen molar-refractivity contribution in [2.45, 2.75) is 57.5 Å². The number of carbonyl (C=O) groups is 2. The van der Waals surface area contributed by atoms with Crippen LogP contribution in [0.15, 0.2) is 10.6 Å². The number of ether oxygens (including phenoxy) is 1. The van der Waals surface area contributed by atoms with Gasteiger partial charge in [-0.15, -0.1) is 0 Å². The van der Waals surface area contributed by atoms with Crippen molar-refractivity contribution in [2.24, 2.45) is 5.92 Å². The third-order valence-electron chi connectivity index (χ3n) is 5.63. The molecule has 4 rings (SSSR count). The first-order valence-electron chi connectivity index (χ1n) is 10.0. The third kappa shape index (κ3) is 5.72. The molecule has 3 atom stereocenters. The largest absolute Gasteiger partial charge is 0.490 e. The fourth-order valence-corrected chi connectivity index (χ4v) is 4.16. The van der Waals surface area contributed by atoms with Gasteiger partial charge in [0.15, 0.2) is 0 Å². The van der Waals surface area contributed by atoms with Crippen molar-refractivity contribution in [2.75, 3.05) is 26.2 Å². The number of likely N-dealkylation sites (tertiary alicyclic amines) is 2. The monoisotopic (exact) mass is 433 g/mol. The van der Waals surface area contributed by atoms with Gasteiger partial charge < -0.3 is 19.3 Å². The molecule has 3 aliphatic rings. The van der Waals surface area contributed by atoms with E-state index >= 15 is 0 Å². The predicted molar refractivity (Wildman–Crippen MR) is 97.4 cm³/mol. The Morgan fingerprint density at radius 2 is 1.93 bits per heavy atom. The molecule has 0 radical (unpaired) electrons. The van der Waals surface area contributed by atoms with Crippen LogP contribution in [0.3, 0.4) is 0 Å². The van der Waals surface area contributed by atoms with E-state index in [1.54, 1.807) is 0 Å². The van der Waals surface area contributed by atoms with Crippen molar-refractivity contribution < 1.29 is 37.1 Å². The third-order valence-corrected chi connectivity index (χ3v) is 5.63. The highest BCUT2D eigenvalue weighted by Gasteiger charge is 2.43. The number of amides is 1. The van der Waals surface area contributed by atoms with Crippen LogP contribution in [0.4, 0.5) is 13.2 Å². The van der Waals surface area contributed by atoms with Gasteiger partial charge >= 0.3 is 12.1 Å². The molecule has 0 aromatic carbocycles. The highest BCUT2D eigenvalue weighted by atomic mass is 19.4. The summed E-state index contributed by atoms with van der Waals surface area (Å²) in [5, 5.41) is 11.2. The maximum absolute atomic E-state index is 12.5. The molecule has 3 saturated heterocycles. The van der Waals surface area contributed by atoms with Crippen molar-refractivity contribution in [3.05, 3.63) is 17.5 Å². The summed E-state index contributed by atoms with van der Waals surface area (Å²) in [4.78, 5) is 25.8. The lowest BCUT2D eigenvalue weighted by Gasteiger charge is -2.33. The fourth-order valence-electron chi connectivity index (χ4n) is 4.16. The van der Waals surface area contributed by atoms with Crippen LogP contribution in [-0.4, -0.2) is 76.5 Å². The van der Waals surface area contributed by atoms with Crippen LogP contribution in [0.1, 0.15) is 37.1 Å². The van der Waals surface area contributed by atoms with Gasteiger partial charge in [0.1, 0.15) is 11.9 Å². The number of carboxylic acids is 1. The first kappa shape index (κ1) is 22.5. The summed E-state index contributed by atoms with van der Waals surface area (Å²) >= 11 is 0. The van der Waals surface area contributed by atoms with E-state index in [1.165, 1.54) is 0 Å². The van der Waals surface area contributed by atoms with Gasteiger partial charge in [0.05, 0.1) is 11.8 Å². The molecule has 4 heterocycles. The molecule has 0 aliphatic carbocycles. The lowest BCUT2D eigenvalue weighted by Crippen LogP contribution is -2.42. The Kier molecular flexibility index (Phi) is 7.02. The summed E-state index contributed by atoms with van der Waals surface area (Å²) in [7, 11) is 0. The maximum Gasteiger partial charge on any atom is 0.490 e. The average Bonchev–Trinajstić information content (AvgIpc) is 3.41. The molecular formula is C19H26F3N3O5. The summed E-state index contributed by atoms with van der Waals surface area (Å²) in [6.45, 7) is 6.46. The van der Waals surface area contributed by atoms with Crippen molar-refractivity contribution in [3.63, 3.8) is 0 Å². The first-order valence-corrected chi connectivity index (χ1v) is 10.0. The van der Waals surface area contributed by atoms with Crippen LogP contribution >= 0.6 is 0 Å². The van der Waals surface area contributed by atoms with E-state index in [1.807, 2.05) is 17.9 Å². The van der Waals surface area contributed by atoms with Gasteiger partial charge in [0.25, 0.3) is 5.91 Å². The standard InChI is InChI=1S/C17H25N3O3.C2HF3O2/c1-12-8-14(18-23-12)10-19-7-4-13-9-15(22-16(13)11-19)17(21)20-5-2-3-6-20;3-2(4,5)1(6)7/h8,13,15-16H,2-7,9-11H2,1H3;(H,6,7)/t13-,15+,16-;/m0./s1. The van der Waals surface area contributed by atoms with Gasteiger partial charge in [-0.1, -0.05) is 5.16 Å². The average molecular weight is 433 g/mol. The zero-order valence-corrected chi connectivity index (χ0v) is 16.7. The molecule has 1 aromatic heterocycles. The number of halogens is 3. The summed E-state index contributed by atoms with van der Waals surface area (Å²) < 4.78 is 43.0. The molecule has 3 fully saturated rings. The summed E-state index contributed by atoms with van der Waals surface area (Å²) in [6.07, 6.45) is -0.833. The zero-order valence-electron chi connectivity index (χ0n) is 16.7. The Balaban J connectivity index is 0.000000318. The minimum Gasteiger partial charge on any atom is -0.475 e. The number of hydrogen-bond acceptors (Lipinski definition) is 6. The Morgan fingerprint density at radius 3 is 2.50 bits per heavy atom. The molecule has 30 heavy (non-hydrogen) atoms. The number of fused-ring (bicyclic) bond motifs is 1. The SMILES string of the molecule is Cc1cc(CN2CC[C@H]3C[C@H](C(=O)N4CCCC4)O[C@H]3C2)no1.O=C(O)C(F)(F)F. The van der Waals surface area contributed by atoms with E-state index in [4.69, 9.17) is 19.2 Å². The number of piperidine rings is 1. The molecule has 0 spiro atoms. The van der Waals surface area contributed by atoms with Crippen LogP contribution in [0.2, 0.25) is 0 Å². The zero-order chi connectivity index (χ0) is 21.9. The van der Waals surface area contributed by atoms with Gasteiger partial charge in [-0.05, 0) is 45.1 Å². The number of aryl methyl sites for hydroxylation is 1. The van der Waals surface area contributed by atoms with E-state index in [0.29, 0.717) is 5.92 Å². The number of rotatable bonds is 3. The molecule has 8 nitrogen and oxygen atoms in total. The van der Waals surface area contributed by atoms with Gasteiger partial charge in [0, 0.05) is 32.2 Å². The Hall–Kier alpha value is -2.14. The van der Waals surface area contributed by atoms with Gasteiger partial charge in [-0.25, -0.2) is 4.79 Å². The number of aromatic nitrogens is 1. The Bertz CT molecular complexity index is 748. The van der Waals surface area contributed by atoms with E-state index in [9.17, 15) is 18.0 Å². The number of alkyl halides is 3. The smallest absolute Gasteiger partial charge is 0.475 e. The van der Waals surface area contributed by atoms with E-state index in [0.717, 1.165) is 69.9 Å². The topological polar surface area (TPSA) is 96.1 Å². The van der Waals surface area contributed by atoms with E-state index in [-0.39, 0.29) is 18.1 Å². The lowest BCUT2D eigenvalue weighted by molar-refractivity contribution is -0.192. The number of nitrogens with zero attached hydrogens (tertiary/aromatic N) is 3. The summed E-state index contributed by atoms with van der Waals surface area (Å²) in [5.74, 6) is -1.16. The minimum atomic E-state index is -5.08. The van der Waals surface area contributed by atoms with Crippen molar-refractivity contribution in [1.82, 2.24) is 15.0 Å². The number of carbonyl (C=O) groups excluding carboxylic acids is 1. The number of aliphatic carboxylic acids is 1. The van der Waals surface area contributed by atoms with Crippen LogP contribution in [0.5, 0.6) is 0 Å². The molecule has 3 aliphatic heterocycles. The quantitative estimate of drug-likeness (QED) is 0.781. The van der Waals surface area contributed by atoms with Crippen LogP contribution < -0.4 is 0 Å². The first-order chi connectivity index (χ1) is 14.1. The molecule has 0 unspecified atom stereocenters. The number of hydrogen-bond donors (Lipinski definition) is 1. The van der Waals surface area contributed by atoms with Gasteiger partial charge in [-0.2, -0.15) is 13.2 Å². The Morgan fingerprint density at radius 1 is 1.27 bits per heavy atom. The second kappa shape index (κ2) is 9.34. The van der Waals surface area contributed by atoms with Crippen LogP contribution in [0, 0.1) is 12.8 Å². The number of carboxylic acid groups (broad SMARTS) is 1. The van der Waals surface area contributed by atoms with Crippen LogP contribution in [-0.2, 0) is 20.9 Å². The summed E-state index contributed by atoms with van der Waals surface area (Å²) in [6, 6.07) is 1.99. The molecule has 1 amide bonds. The lowest BCUT2D eigenvalue weighted by atomic mass is 9.91. The van der Waals surface area contributed by atoms with E-state index in [2.05, 4.69) is 10.1 Å². The minimum absolute atomic E-state index is 0.188. The van der Waals surface area contributed by atoms with Crippen molar-refractivity contribution in [3.8, 4) is 0 Å². The highest BCUT2D eigenvalue weighted by molar-refractivity contribution is 5.81. The fraction of sp³-hybridized carbons (Fsp3) is 0.737. The second-order valence-electron chi connectivity index (χ2n) is 7.95. The van der Waals surface area contributed by atoms with Gasteiger partial charge in [0.2, 0.25) is 0 Å².